The first kappa shape index (κ1) is 9.05. The van der Waals surface area contributed by atoms with Crippen LogP contribution in [0.5, 0.6) is 0 Å². The van der Waals surface area contributed by atoms with Crippen LogP contribution in [-0.2, 0) is 0 Å². The molecule has 5 heteroatoms. The van der Waals surface area contributed by atoms with Crippen molar-refractivity contribution in [2.75, 3.05) is 18.4 Å². The van der Waals surface area contributed by atoms with Gasteiger partial charge in [0.05, 0.1) is 6.20 Å². The van der Waals surface area contributed by atoms with Gasteiger partial charge in [-0.25, -0.2) is 4.79 Å². The Hall–Kier alpha value is -1.52. The number of hydrogen-bond acceptors (Lipinski definition) is 2. The molecule has 0 radical (unpaired) electrons. The SMILES string of the molecule is O=C(Nc1ccn[nH]1)N1CCCCC1. The maximum Gasteiger partial charge on any atom is 0.322 e. The molecule has 0 atom stereocenters. The second-order valence-corrected chi connectivity index (χ2v) is 3.45. The van der Waals surface area contributed by atoms with Crippen LogP contribution in [-0.4, -0.2) is 34.2 Å². The summed E-state index contributed by atoms with van der Waals surface area (Å²) in [6, 6.07) is 1.70. The Labute approximate surface area is 82.5 Å². The van der Waals surface area contributed by atoms with Gasteiger partial charge in [-0.2, -0.15) is 5.10 Å². The van der Waals surface area contributed by atoms with Gasteiger partial charge in [0, 0.05) is 19.2 Å². The van der Waals surface area contributed by atoms with Crippen molar-refractivity contribution < 1.29 is 4.79 Å². The Balaban J connectivity index is 1.88. The van der Waals surface area contributed by atoms with Crippen LogP contribution in [0.1, 0.15) is 19.3 Å². The molecule has 1 aromatic heterocycles. The zero-order chi connectivity index (χ0) is 9.80. The first-order valence-electron chi connectivity index (χ1n) is 4.91. The molecule has 2 rings (SSSR count). The fourth-order valence-corrected chi connectivity index (χ4v) is 1.62. The van der Waals surface area contributed by atoms with E-state index in [9.17, 15) is 4.79 Å². The van der Waals surface area contributed by atoms with Crippen molar-refractivity contribution in [2.45, 2.75) is 19.3 Å². The zero-order valence-electron chi connectivity index (χ0n) is 7.99. The summed E-state index contributed by atoms with van der Waals surface area (Å²) in [4.78, 5) is 13.5. The molecule has 0 aliphatic carbocycles. The van der Waals surface area contributed by atoms with Crippen molar-refractivity contribution in [3.8, 4) is 0 Å². The van der Waals surface area contributed by atoms with Crippen LogP contribution in [0.25, 0.3) is 0 Å². The summed E-state index contributed by atoms with van der Waals surface area (Å²) >= 11 is 0. The van der Waals surface area contributed by atoms with Crippen molar-refractivity contribution in [1.82, 2.24) is 15.1 Å². The fraction of sp³-hybridized carbons (Fsp3) is 0.556. The average Bonchev–Trinajstić information content (AvgIpc) is 2.72. The number of urea groups is 1. The van der Waals surface area contributed by atoms with Crippen molar-refractivity contribution >= 4 is 11.8 Å². The number of carbonyl (C=O) groups excluding carboxylic acids is 1. The molecule has 2 N–H and O–H groups in total. The van der Waals surface area contributed by atoms with E-state index in [1.54, 1.807) is 12.3 Å². The molecular formula is C9H14N4O. The van der Waals surface area contributed by atoms with Crippen LogP contribution in [0.3, 0.4) is 0 Å². The highest BCUT2D eigenvalue weighted by atomic mass is 16.2. The quantitative estimate of drug-likeness (QED) is 0.710. The van der Waals surface area contributed by atoms with Gasteiger partial charge in [0.15, 0.2) is 0 Å². The van der Waals surface area contributed by atoms with E-state index in [0.29, 0.717) is 5.82 Å². The minimum absolute atomic E-state index is 0.0334. The molecule has 76 valence electrons. The van der Waals surface area contributed by atoms with Crippen molar-refractivity contribution in [3.05, 3.63) is 12.3 Å². The number of H-pyrrole nitrogens is 1. The maximum absolute atomic E-state index is 11.6. The number of piperidine rings is 1. The van der Waals surface area contributed by atoms with Crippen LogP contribution in [0.4, 0.5) is 10.6 Å². The molecule has 2 heterocycles. The molecule has 1 aromatic rings. The summed E-state index contributed by atoms with van der Waals surface area (Å²) in [7, 11) is 0. The van der Waals surface area contributed by atoms with Gasteiger partial charge in [0.25, 0.3) is 0 Å². The van der Waals surface area contributed by atoms with E-state index in [4.69, 9.17) is 0 Å². The van der Waals surface area contributed by atoms with Crippen molar-refractivity contribution in [1.29, 1.82) is 0 Å². The number of hydrogen-bond donors (Lipinski definition) is 2. The Morgan fingerprint density at radius 2 is 2.21 bits per heavy atom. The summed E-state index contributed by atoms with van der Waals surface area (Å²) < 4.78 is 0. The lowest BCUT2D eigenvalue weighted by molar-refractivity contribution is 0.200. The summed E-state index contributed by atoms with van der Waals surface area (Å²) in [6.07, 6.45) is 5.06. The van der Waals surface area contributed by atoms with Crippen molar-refractivity contribution in [2.24, 2.45) is 0 Å². The number of nitrogens with zero attached hydrogens (tertiary/aromatic N) is 2. The summed E-state index contributed by atoms with van der Waals surface area (Å²) in [6.45, 7) is 1.72. The summed E-state index contributed by atoms with van der Waals surface area (Å²) in [5.74, 6) is 0.653. The molecule has 1 saturated heterocycles. The molecule has 0 unspecified atom stereocenters. The molecule has 2 amide bonds. The van der Waals surface area contributed by atoms with E-state index in [0.717, 1.165) is 25.9 Å². The third-order valence-corrected chi connectivity index (χ3v) is 2.39. The van der Waals surface area contributed by atoms with Gasteiger partial charge in [-0.3, -0.25) is 10.4 Å². The largest absolute Gasteiger partial charge is 0.325 e. The summed E-state index contributed by atoms with van der Waals surface area (Å²) in [5.41, 5.74) is 0. The monoisotopic (exact) mass is 194 g/mol. The Bertz CT molecular complexity index is 290. The number of rotatable bonds is 1. The summed E-state index contributed by atoms with van der Waals surface area (Å²) in [5, 5.41) is 9.22. The molecule has 0 aromatic carbocycles. The molecular weight excluding hydrogens is 180 g/mol. The zero-order valence-corrected chi connectivity index (χ0v) is 7.99. The highest BCUT2D eigenvalue weighted by Crippen LogP contribution is 2.10. The van der Waals surface area contributed by atoms with E-state index < -0.39 is 0 Å². The first-order valence-corrected chi connectivity index (χ1v) is 4.91. The van der Waals surface area contributed by atoms with Gasteiger partial charge in [-0.15, -0.1) is 0 Å². The minimum Gasteiger partial charge on any atom is -0.325 e. The van der Waals surface area contributed by atoms with Gasteiger partial charge in [-0.1, -0.05) is 0 Å². The van der Waals surface area contributed by atoms with Crippen LogP contribution in [0.2, 0.25) is 0 Å². The molecule has 14 heavy (non-hydrogen) atoms. The van der Waals surface area contributed by atoms with Crippen LogP contribution < -0.4 is 5.32 Å². The molecule has 1 aliphatic rings. The third-order valence-electron chi connectivity index (χ3n) is 2.39. The second-order valence-electron chi connectivity index (χ2n) is 3.45. The van der Waals surface area contributed by atoms with Gasteiger partial charge in [0.2, 0.25) is 0 Å². The topological polar surface area (TPSA) is 61.0 Å². The number of carbonyl (C=O) groups is 1. The number of anilines is 1. The minimum atomic E-state index is -0.0334. The average molecular weight is 194 g/mol. The third kappa shape index (κ3) is 2.04. The molecule has 0 spiro atoms. The van der Waals surface area contributed by atoms with Crippen LogP contribution in [0, 0.1) is 0 Å². The molecule has 5 nitrogen and oxygen atoms in total. The molecule has 0 bridgehead atoms. The van der Waals surface area contributed by atoms with E-state index >= 15 is 0 Å². The van der Waals surface area contributed by atoms with E-state index in [-0.39, 0.29) is 6.03 Å². The fourth-order valence-electron chi connectivity index (χ4n) is 1.62. The van der Waals surface area contributed by atoms with Crippen molar-refractivity contribution in [3.63, 3.8) is 0 Å². The molecule has 0 saturated carbocycles. The highest BCUT2D eigenvalue weighted by Gasteiger charge is 2.16. The standard InChI is InChI=1S/C9H14N4O/c14-9(11-8-4-5-10-12-8)13-6-2-1-3-7-13/h4-5H,1-3,6-7H2,(H2,10,11,12,14). The number of likely N-dealkylation sites (tertiary alicyclic amines) is 1. The Morgan fingerprint density at radius 3 is 2.86 bits per heavy atom. The van der Waals surface area contributed by atoms with Gasteiger partial charge < -0.3 is 4.90 Å². The molecule has 1 fully saturated rings. The lowest BCUT2D eigenvalue weighted by atomic mass is 10.1. The van der Waals surface area contributed by atoms with E-state index in [1.807, 2.05) is 4.90 Å². The van der Waals surface area contributed by atoms with Crippen LogP contribution >= 0.6 is 0 Å². The van der Waals surface area contributed by atoms with Gasteiger partial charge in [0.1, 0.15) is 5.82 Å². The first-order chi connectivity index (χ1) is 6.86. The molecule has 1 aliphatic heterocycles. The maximum atomic E-state index is 11.6. The van der Waals surface area contributed by atoms with Crippen LogP contribution in [0.15, 0.2) is 12.3 Å². The predicted molar refractivity (Wildman–Crippen MR) is 53.0 cm³/mol. The smallest absolute Gasteiger partial charge is 0.322 e. The Kier molecular flexibility index (Phi) is 2.67. The Morgan fingerprint density at radius 1 is 1.43 bits per heavy atom. The second kappa shape index (κ2) is 4.13. The van der Waals surface area contributed by atoms with E-state index in [2.05, 4.69) is 15.5 Å². The predicted octanol–water partition coefficient (Wildman–Crippen LogP) is 1.43. The highest BCUT2D eigenvalue weighted by molar-refractivity contribution is 5.88. The normalized spacial score (nSPS) is 16.7. The number of aromatic nitrogens is 2. The lowest BCUT2D eigenvalue weighted by Gasteiger charge is -2.26. The van der Waals surface area contributed by atoms with Gasteiger partial charge >= 0.3 is 6.03 Å². The van der Waals surface area contributed by atoms with Gasteiger partial charge in [-0.05, 0) is 19.3 Å². The number of nitrogens with one attached hydrogen (secondary N) is 2. The number of amides is 2. The number of aromatic amines is 1. The van der Waals surface area contributed by atoms with E-state index in [1.165, 1.54) is 6.42 Å². The lowest BCUT2D eigenvalue weighted by Crippen LogP contribution is -2.38.